The minimum Gasteiger partial charge on any atom is -0.480 e. The molecule has 1 aromatic rings. The zero-order valence-corrected chi connectivity index (χ0v) is 14.6. The molecule has 1 aliphatic heterocycles. The van der Waals surface area contributed by atoms with E-state index in [1.54, 1.807) is 0 Å². The van der Waals surface area contributed by atoms with E-state index in [2.05, 4.69) is 39.8 Å². The van der Waals surface area contributed by atoms with E-state index in [0.717, 1.165) is 48.2 Å². The fraction of sp³-hybridized carbons (Fsp3) is 0.733. The van der Waals surface area contributed by atoms with E-state index in [0.29, 0.717) is 13.0 Å². The van der Waals surface area contributed by atoms with Crippen LogP contribution in [-0.2, 0) is 24.3 Å². The molecule has 1 fully saturated rings. The van der Waals surface area contributed by atoms with Gasteiger partial charge in [-0.25, -0.2) is 0 Å². The molecule has 0 bridgehead atoms. The summed E-state index contributed by atoms with van der Waals surface area (Å²) < 4.78 is 3.02. The second-order valence-corrected chi connectivity index (χ2v) is 6.63. The Bertz CT molecular complexity index is 529. The number of piperidine rings is 1. The molecule has 0 amide bonds. The molecule has 1 atom stereocenters. The van der Waals surface area contributed by atoms with Gasteiger partial charge in [0.1, 0.15) is 5.54 Å². The van der Waals surface area contributed by atoms with Crippen LogP contribution in [0.4, 0.5) is 0 Å². The number of carboxylic acid groups (broad SMARTS) is 1. The van der Waals surface area contributed by atoms with Crippen LogP contribution in [0.1, 0.15) is 51.4 Å². The molecule has 0 radical (unpaired) electrons. The van der Waals surface area contributed by atoms with Gasteiger partial charge < -0.3 is 5.11 Å². The van der Waals surface area contributed by atoms with Crippen LogP contribution in [0.5, 0.6) is 0 Å². The van der Waals surface area contributed by atoms with E-state index >= 15 is 0 Å². The fourth-order valence-electron chi connectivity index (χ4n) is 3.02. The van der Waals surface area contributed by atoms with Crippen molar-refractivity contribution in [1.82, 2.24) is 14.7 Å². The number of nitrogens with zero attached hydrogens (tertiary/aromatic N) is 3. The lowest BCUT2D eigenvalue weighted by Crippen LogP contribution is -2.54. The number of rotatable bonds is 5. The predicted molar refractivity (Wildman–Crippen MR) is 85.3 cm³/mol. The summed E-state index contributed by atoms with van der Waals surface area (Å²) in [6, 6.07) is 0. The highest BCUT2D eigenvalue weighted by Gasteiger charge is 2.41. The van der Waals surface area contributed by atoms with Gasteiger partial charge in [-0.15, -0.1) is 0 Å². The summed E-state index contributed by atoms with van der Waals surface area (Å²) in [6.07, 6.45) is 3.62. The lowest BCUT2D eigenvalue weighted by atomic mass is 9.88. The zero-order valence-electron chi connectivity index (χ0n) is 13.0. The molecule has 2 rings (SSSR count). The predicted octanol–water partition coefficient (Wildman–Crippen LogP) is 3.06. The van der Waals surface area contributed by atoms with Gasteiger partial charge in [0.2, 0.25) is 0 Å². The molecule has 118 valence electrons. The number of aliphatic carboxylic acids is 1. The van der Waals surface area contributed by atoms with Gasteiger partial charge in [-0.2, -0.15) is 5.10 Å². The van der Waals surface area contributed by atoms with Crippen LogP contribution in [-0.4, -0.2) is 37.8 Å². The summed E-state index contributed by atoms with van der Waals surface area (Å²) in [5.41, 5.74) is 1.36. The minimum atomic E-state index is -0.771. The standard InChI is InChI=1S/C15H24BrN3O2/c1-4-11-13(16)12(19(5-2)17-11)10-18-9-7-6-8-15(18,3)14(20)21/h4-10H2,1-3H3,(H,20,21). The molecule has 0 saturated carbocycles. The first-order valence-corrected chi connectivity index (χ1v) is 8.45. The Morgan fingerprint density at radius 1 is 1.43 bits per heavy atom. The molecule has 1 saturated heterocycles. The van der Waals surface area contributed by atoms with E-state index in [1.165, 1.54) is 0 Å². The van der Waals surface area contributed by atoms with E-state index in [1.807, 2.05) is 11.6 Å². The quantitative estimate of drug-likeness (QED) is 0.879. The molecule has 0 aliphatic carbocycles. The summed E-state index contributed by atoms with van der Waals surface area (Å²) in [5, 5.41) is 14.2. The summed E-state index contributed by atoms with van der Waals surface area (Å²) in [4.78, 5) is 13.8. The topological polar surface area (TPSA) is 58.4 Å². The first-order valence-electron chi connectivity index (χ1n) is 7.66. The normalized spacial score (nSPS) is 23.4. The second-order valence-electron chi connectivity index (χ2n) is 5.83. The van der Waals surface area contributed by atoms with Crippen LogP contribution in [0, 0.1) is 0 Å². The average Bonchev–Trinajstić information content (AvgIpc) is 2.77. The Labute approximate surface area is 134 Å². The first kappa shape index (κ1) is 16.5. The number of halogens is 1. The highest BCUT2D eigenvalue weighted by atomic mass is 79.9. The van der Waals surface area contributed by atoms with Crippen molar-refractivity contribution in [3.8, 4) is 0 Å². The van der Waals surface area contributed by atoms with Gasteiger partial charge in [0.05, 0.1) is 15.9 Å². The van der Waals surface area contributed by atoms with Crippen LogP contribution >= 0.6 is 15.9 Å². The molecule has 5 nitrogen and oxygen atoms in total. The van der Waals surface area contributed by atoms with Crippen LogP contribution in [0.2, 0.25) is 0 Å². The van der Waals surface area contributed by atoms with Crippen LogP contribution in [0.25, 0.3) is 0 Å². The van der Waals surface area contributed by atoms with Crippen molar-refractivity contribution < 1.29 is 9.90 Å². The Kier molecular flexibility index (Phi) is 5.09. The van der Waals surface area contributed by atoms with Crippen LogP contribution in [0.15, 0.2) is 4.47 Å². The summed E-state index contributed by atoms with van der Waals surface area (Å²) >= 11 is 3.65. The summed E-state index contributed by atoms with van der Waals surface area (Å²) in [5.74, 6) is -0.725. The van der Waals surface area contributed by atoms with E-state index in [4.69, 9.17) is 0 Å². The third kappa shape index (κ3) is 3.01. The molecular formula is C15H24BrN3O2. The second kappa shape index (κ2) is 6.48. The zero-order chi connectivity index (χ0) is 15.6. The number of likely N-dealkylation sites (tertiary alicyclic amines) is 1. The molecule has 2 heterocycles. The highest BCUT2D eigenvalue weighted by molar-refractivity contribution is 9.10. The number of aryl methyl sites for hydroxylation is 2. The molecule has 0 spiro atoms. The number of aromatic nitrogens is 2. The molecule has 1 N–H and O–H groups in total. The van der Waals surface area contributed by atoms with E-state index in [-0.39, 0.29) is 0 Å². The van der Waals surface area contributed by atoms with Crippen molar-refractivity contribution in [2.24, 2.45) is 0 Å². The van der Waals surface area contributed by atoms with Crippen molar-refractivity contribution in [2.45, 2.75) is 65.1 Å². The van der Waals surface area contributed by atoms with Gasteiger partial charge in [-0.1, -0.05) is 6.92 Å². The average molecular weight is 358 g/mol. The molecule has 1 aliphatic rings. The van der Waals surface area contributed by atoms with E-state index < -0.39 is 11.5 Å². The Hall–Kier alpha value is -0.880. The molecular weight excluding hydrogens is 334 g/mol. The van der Waals surface area contributed by atoms with Crippen molar-refractivity contribution >= 4 is 21.9 Å². The third-order valence-electron chi connectivity index (χ3n) is 4.54. The van der Waals surface area contributed by atoms with Gasteiger partial charge in [-0.05, 0) is 62.0 Å². The summed E-state index contributed by atoms with van der Waals surface area (Å²) in [7, 11) is 0. The molecule has 0 aromatic carbocycles. The number of carboxylic acids is 1. The SMILES string of the molecule is CCc1nn(CC)c(CN2CCCCC2(C)C(=O)O)c1Br. The van der Waals surface area contributed by atoms with E-state index in [9.17, 15) is 9.90 Å². The van der Waals surface area contributed by atoms with Gasteiger partial charge in [-0.3, -0.25) is 14.4 Å². The summed E-state index contributed by atoms with van der Waals surface area (Å²) in [6.45, 7) is 8.24. The maximum Gasteiger partial charge on any atom is 0.323 e. The lowest BCUT2D eigenvalue weighted by molar-refractivity contribution is -0.153. The van der Waals surface area contributed by atoms with Gasteiger partial charge in [0.15, 0.2) is 0 Å². The number of hydrogen-bond acceptors (Lipinski definition) is 3. The Morgan fingerprint density at radius 3 is 2.71 bits per heavy atom. The number of hydrogen-bond donors (Lipinski definition) is 1. The molecule has 1 unspecified atom stereocenters. The van der Waals surface area contributed by atoms with Crippen molar-refractivity contribution in [2.75, 3.05) is 6.54 Å². The smallest absolute Gasteiger partial charge is 0.323 e. The van der Waals surface area contributed by atoms with Gasteiger partial charge in [0.25, 0.3) is 0 Å². The first-order chi connectivity index (χ1) is 9.93. The molecule has 21 heavy (non-hydrogen) atoms. The fourth-order valence-corrected chi connectivity index (χ4v) is 3.71. The molecule has 1 aromatic heterocycles. The van der Waals surface area contributed by atoms with Crippen LogP contribution in [0.3, 0.4) is 0 Å². The largest absolute Gasteiger partial charge is 0.480 e. The van der Waals surface area contributed by atoms with Crippen molar-refractivity contribution in [3.63, 3.8) is 0 Å². The van der Waals surface area contributed by atoms with Crippen molar-refractivity contribution in [1.29, 1.82) is 0 Å². The minimum absolute atomic E-state index is 0.629. The maximum absolute atomic E-state index is 11.7. The molecule has 6 heteroatoms. The highest BCUT2D eigenvalue weighted by Crippen LogP contribution is 2.32. The monoisotopic (exact) mass is 357 g/mol. The Morgan fingerprint density at radius 2 is 2.14 bits per heavy atom. The van der Waals surface area contributed by atoms with Crippen molar-refractivity contribution in [3.05, 3.63) is 15.9 Å². The lowest BCUT2D eigenvalue weighted by Gasteiger charge is -2.41. The van der Waals surface area contributed by atoms with Gasteiger partial charge >= 0.3 is 5.97 Å². The number of carbonyl (C=O) groups is 1. The van der Waals surface area contributed by atoms with Gasteiger partial charge in [0, 0.05) is 13.1 Å². The maximum atomic E-state index is 11.7. The van der Waals surface area contributed by atoms with Crippen LogP contribution < -0.4 is 0 Å². The third-order valence-corrected chi connectivity index (χ3v) is 5.45. The Balaban J connectivity index is 2.31.